The lowest BCUT2D eigenvalue weighted by Gasteiger charge is -2.30. The Bertz CT molecular complexity index is 1550. The summed E-state index contributed by atoms with van der Waals surface area (Å²) in [5, 5.41) is 5.51. The maximum Gasteiger partial charge on any atom is 0.163 e. The van der Waals surface area contributed by atoms with E-state index in [1.54, 1.807) is 18.3 Å². The summed E-state index contributed by atoms with van der Waals surface area (Å²) in [7, 11) is 0. The van der Waals surface area contributed by atoms with Crippen molar-refractivity contribution in [1.82, 2.24) is 30.2 Å². The largest absolute Gasteiger partial charge is 0.353 e. The molecule has 0 atom stereocenters. The van der Waals surface area contributed by atoms with Crippen molar-refractivity contribution in [2.24, 2.45) is 0 Å². The smallest absolute Gasteiger partial charge is 0.163 e. The summed E-state index contributed by atoms with van der Waals surface area (Å²) in [5.74, 6) is 1.96. The minimum atomic E-state index is -0.257. The third-order valence-corrected chi connectivity index (χ3v) is 6.98. The number of rotatable bonds is 4. The summed E-state index contributed by atoms with van der Waals surface area (Å²) in [6.07, 6.45) is 8.03. The van der Waals surface area contributed by atoms with Gasteiger partial charge in [0.2, 0.25) is 0 Å². The quantitative estimate of drug-likeness (QED) is 0.402. The van der Waals surface area contributed by atoms with Crippen molar-refractivity contribution in [3.8, 4) is 22.6 Å². The van der Waals surface area contributed by atoms with E-state index in [0.29, 0.717) is 11.7 Å². The Morgan fingerprint density at radius 3 is 2.60 bits per heavy atom. The molecule has 8 heteroatoms. The van der Waals surface area contributed by atoms with Gasteiger partial charge in [0.25, 0.3) is 0 Å². The number of pyridine rings is 2. The van der Waals surface area contributed by atoms with Gasteiger partial charge in [-0.2, -0.15) is 0 Å². The summed E-state index contributed by atoms with van der Waals surface area (Å²) < 4.78 is 13.4. The van der Waals surface area contributed by atoms with E-state index in [-0.39, 0.29) is 5.82 Å². The Hall–Kier alpha value is -3.91. The van der Waals surface area contributed by atoms with Crippen molar-refractivity contribution >= 4 is 27.8 Å². The van der Waals surface area contributed by atoms with Crippen molar-refractivity contribution in [2.45, 2.75) is 18.8 Å². The van der Waals surface area contributed by atoms with Crippen LogP contribution in [0.1, 0.15) is 24.3 Å². The van der Waals surface area contributed by atoms with Crippen LogP contribution in [0.3, 0.4) is 0 Å². The molecule has 0 unspecified atom stereocenters. The number of piperazine rings is 1. The highest BCUT2D eigenvalue weighted by atomic mass is 19.1. The molecule has 35 heavy (non-hydrogen) atoms. The van der Waals surface area contributed by atoms with Gasteiger partial charge >= 0.3 is 0 Å². The number of hydrogen-bond donors (Lipinski definition) is 2. The van der Waals surface area contributed by atoms with Crippen LogP contribution in [0.2, 0.25) is 0 Å². The monoisotopic (exact) mass is 465 g/mol. The van der Waals surface area contributed by atoms with Gasteiger partial charge in [-0.25, -0.2) is 19.3 Å². The highest BCUT2D eigenvalue weighted by Crippen LogP contribution is 2.45. The zero-order valence-electron chi connectivity index (χ0n) is 19.1. The number of nitrogens with one attached hydrogen (secondary N) is 2. The first-order valence-electron chi connectivity index (χ1n) is 12.1. The van der Waals surface area contributed by atoms with E-state index in [1.807, 2.05) is 24.5 Å². The number of aromatic amines is 1. The van der Waals surface area contributed by atoms with Crippen LogP contribution >= 0.6 is 0 Å². The lowest BCUT2D eigenvalue weighted by atomic mass is 10.1. The number of anilines is 1. The normalized spacial score (nSPS) is 16.3. The molecule has 0 radical (unpaired) electrons. The van der Waals surface area contributed by atoms with E-state index in [4.69, 9.17) is 9.97 Å². The fraction of sp³-hybridized carbons (Fsp3) is 0.259. The van der Waals surface area contributed by atoms with E-state index < -0.39 is 0 Å². The van der Waals surface area contributed by atoms with Gasteiger partial charge in [0, 0.05) is 60.6 Å². The van der Waals surface area contributed by atoms with E-state index >= 15 is 0 Å². The standard InChI is InChI=1S/C27H24FN7/c28-18-5-3-17(4-6-18)22-13-20-19(7-8-31-25(20)32-22)26-33-23-15-30-14-21(16-1-2-16)24(23)27(34-26)35-11-9-29-10-12-35/h3-8,13-16,29H,1-2,9-12H2,(H,31,32). The average Bonchev–Trinajstić information content (AvgIpc) is 3.66. The molecule has 2 N–H and O–H groups in total. The van der Waals surface area contributed by atoms with Gasteiger partial charge in [0.05, 0.1) is 11.7 Å². The molecule has 0 amide bonds. The zero-order chi connectivity index (χ0) is 23.4. The molecule has 2 fully saturated rings. The maximum atomic E-state index is 13.4. The molecule has 174 valence electrons. The summed E-state index contributed by atoms with van der Waals surface area (Å²) in [5.41, 5.74) is 5.58. The summed E-state index contributed by atoms with van der Waals surface area (Å²) in [6, 6.07) is 10.5. The number of nitrogens with zero attached hydrogens (tertiary/aromatic N) is 5. The Kier molecular flexibility index (Phi) is 4.73. The fourth-order valence-electron chi connectivity index (χ4n) is 5.03. The van der Waals surface area contributed by atoms with Crippen LogP contribution < -0.4 is 10.2 Å². The number of fused-ring (bicyclic) bond motifs is 2. The van der Waals surface area contributed by atoms with Crippen LogP contribution in [0.25, 0.3) is 44.6 Å². The van der Waals surface area contributed by atoms with Crippen LogP contribution in [-0.2, 0) is 0 Å². The van der Waals surface area contributed by atoms with Crippen molar-refractivity contribution in [1.29, 1.82) is 0 Å². The highest BCUT2D eigenvalue weighted by Gasteiger charge is 2.29. The molecular weight excluding hydrogens is 441 g/mol. The first-order chi connectivity index (χ1) is 17.2. The second-order valence-electron chi connectivity index (χ2n) is 9.32. The number of H-pyrrole nitrogens is 1. The molecule has 2 aliphatic rings. The van der Waals surface area contributed by atoms with Gasteiger partial charge in [-0.05, 0) is 66.3 Å². The number of hydrogen-bond acceptors (Lipinski definition) is 6. The van der Waals surface area contributed by atoms with Crippen molar-refractivity contribution in [3.05, 3.63) is 66.4 Å². The molecule has 0 bridgehead atoms. The minimum Gasteiger partial charge on any atom is -0.353 e. The predicted molar refractivity (Wildman–Crippen MR) is 135 cm³/mol. The van der Waals surface area contributed by atoms with E-state index in [2.05, 4.69) is 25.2 Å². The Labute approximate surface area is 201 Å². The van der Waals surface area contributed by atoms with Gasteiger partial charge in [0.15, 0.2) is 5.82 Å². The number of halogens is 1. The van der Waals surface area contributed by atoms with Gasteiger partial charge in [-0.15, -0.1) is 0 Å². The van der Waals surface area contributed by atoms with E-state index in [0.717, 1.165) is 70.8 Å². The maximum absolute atomic E-state index is 13.4. The molecule has 1 aliphatic carbocycles. The summed E-state index contributed by atoms with van der Waals surface area (Å²) >= 11 is 0. The van der Waals surface area contributed by atoms with Crippen LogP contribution in [0.15, 0.2) is 55.0 Å². The Morgan fingerprint density at radius 2 is 1.80 bits per heavy atom. The Balaban J connectivity index is 1.42. The lowest BCUT2D eigenvalue weighted by Crippen LogP contribution is -2.44. The molecule has 0 spiro atoms. The van der Waals surface area contributed by atoms with Crippen molar-refractivity contribution in [2.75, 3.05) is 31.1 Å². The summed E-state index contributed by atoms with van der Waals surface area (Å²) in [6.45, 7) is 3.68. The topological polar surface area (TPSA) is 82.6 Å². The second-order valence-corrected chi connectivity index (χ2v) is 9.32. The van der Waals surface area contributed by atoms with Gasteiger partial charge < -0.3 is 15.2 Å². The predicted octanol–water partition coefficient (Wildman–Crippen LogP) is 4.66. The van der Waals surface area contributed by atoms with Crippen LogP contribution in [0.4, 0.5) is 10.2 Å². The molecule has 7 nitrogen and oxygen atoms in total. The van der Waals surface area contributed by atoms with Crippen LogP contribution in [0, 0.1) is 5.82 Å². The van der Waals surface area contributed by atoms with Gasteiger partial charge in [-0.1, -0.05) is 0 Å². The van der Waals surface area contributed by atoms with Crippen LogP contribution in [0.5, 0.6) is 0 Å². The minimum absolute atomic E-state index is 0.257. The molecule has 1 saturated heterocycles. The summed E-state index contributed by atoms with van der Waals surface area (Å²) in [4.78, 5) is 25.0. The van der Waals surface area contributed by atoms with Crippen molar-refractivity contribution in [3.63, 3.8) is 0 Å². The highest BCUT2D eigenvalue weighted by molar-refractivity contribution is 5.98. The molecule has 4 aromatic heterocycles. The second kappa shape index (κ2) is 8.09. The van der Waals surface area contributed by atoms with E-state index in [1.165, 1.54) is 30.5 Å². The van der Waals surface area contributed by atoms with Crippen molar-refractivity contribution < 1.29 is 4.39 Å². The van der Waals surface area contributed by atoms with Crippen LogP contribution in [-0.4, -0.2) is 51.1 Å². The number of aromatic nitrogens is 5. The third kappa shape index (κ3) is 3.61. The lowest BCUT2D eigenvalue weighted by molar-refractivity contribution is 0.586. The fourth-order valence-corrected chi connectivity index (χ4v) is 5.03. The molecule has 5 aromatic rings. The number of benzene rings is 1. The molecule has 1 saturated carbocycles. The molecule has 7 rings (SSSR count). The first kappa shape index (κ1) is 20.5. The first-order valence-corrected chi connectivity index (χ1v) is 12.1. The Morgan fingerprint density at radius 1 is 0.971 bits per heavy atom. The third-order valence-electron chi connectivity index (χ3n) is 6.98. The molecule has 5 heterocycles. The van der Waals surface area contributed by atoms with Gasteiger partial charge in [-0.3, -0.25) is 4.98 Å². The van der Waals surface area contributed by atoms with E-state index in [9.17, 15) is 4.39 Å². The SMILES string of the molecule is Fc1ccc(-c2cc3c(-c4nc(N5CCNCC5)c5c(C6CC6)cncc5n4)ccnc3[nH]2)cc1. The molecular formula is C27H24FN7. The molecule has 1 aromatic carbocycles. The average molecular weight is 466 g/mol. The van der Waals surface area contributed by atoms with Gasteiger partial charge in [0.1, 0.15) is 17.3 Å². The zero-order valence-corrected chi connectivity index (χ0v) is 19.1. The molecule has 1 aliphatic heterocycles.